The van der Waals surface area contributed by atoms with E-state index in [2.05, 4.69) is 4.72 Å². The van der Waals surface area contributed by atoms with Crippen LogP contribution in [0.1, 0.15) is 18.1 Å². The van der Waals surface area contributed by atoms with Crippen LogP contribution in [0.15, 0.2) is 83.8 Å². The smallest absolute Gasteiger partial charge is 0.384 e. The van der Waals surface area contributed by atoms with Crippen molar-refractivity contribution in [3.05, 3.63) is 90.0 Å². The van der Waals surface area contributed by atoms with Gasteiger partial charge < -0.3 is 5.11 Å². The van der Waals surface area contributed by atoms with Crippen molar-refractivity contribution >= 4 is 10.0 Å². The van der Waals surface area contributed by atoms with E-state index >= 15 is 0 Å². The Bertz CT molecular complexity index is 1090. The van der Waals surface area contributed by atoms with Gasteiger partial charge >= 0.3 is 6.18 Å². The van der Waals surface area contributed by atoms with E-state index in [1.165, 1.54) is 6.92 Å². The Labute approximate surface area is 173 Å². The van der Waals surface area contributed by atoms with Gasteiger partial charge in [0.1, 0.15) is 5.60 Å². The molecule has 3 aromatic rings. The van der Waals surface area contributed by atoms with Crippen LogP contribution in [0.5, 0.6) is 0 Å². The molecule has 0 saturated heterocycles. The lowest BCUT2D eigenvalue weighted by atomic mass is 9.94. The zero-order valence-corrected chi connectivity index (χ0v) is 16.8. The number of halogens is 3. The predicted octanol–water partition coefficient (Wildman–Crippen LogP) is 4.56. The van der Waals surface area contributed by atoms with Gasteiger partial charge in [-0.3, -0.25) is 0 Å². The molecule has 0 fully saturated rings. The van der Waals surface area contributed by atoms with Gasteiger partial charge in [0.25, 0.3) is 0 Å². The average molecular weight is 435 g/mol. The van der Waals surface area contributed by atoms with E-state index in [0.717, 1.165) is 23.3 Å². The molecule has 0 aromatic heterocycles. The lowest BCUT2D eigenvalue weighted by Crippen LogP contribution is -2.38. The summed E-state index contributed by atoms with van der Waals surface area (Å²) in [5, 5.41) is 10.7. The Morgan fingerprint density at radius 1 is 0.800 bits per heavy atom. The lowest BCUT2D eigenvalue weighted by molar-refractivity contribution is -0.137. The minimum absolute atomic E-state index is 0.314. The molecule has 0 aliphatic rings. The van der Waals surface area contributed by atoms with Gasteiger partial charge in [0.2, 0.25) is 10.0 Å². The van der Waals surface area contributed by atoms with Crippen molar-refractivity contribution in [1.29, 1.82) is 0 Å². The van der Waals surface area contributed by atoms with E-state index in [1.807, 2.05) is 42.5 Å². The second kappa shape index (κ2) is 8.22. The van der Waals surface area contributed by atoms with Gasteiger partial charge in [-0.1, -0.05) is 54.6 Å². The summed E-state index contributed by atoms with van der Waals surface area (Å²) in [7, 11) is -4.09. The molecule has 0 saturated carbocycles. The van der Waals surface area contributed by atoms with E-state index in [9.17, 15) is 26.7 Å². The zero-order chi connectivity index (χ0) is 22.0. The van der Waals surface area contributed by atoms with Crippen LogP contribution in [0.25, 0.3) is 11.1 Å². The van der Waals surface area contributed by atoms with Gasteiger partial charge in [-0.05, 0) is 47.9 Å². The van der Waals surface area contributed by atoms with Crippen LogP contribution < -0.4 is 4.72 Å². The summed E-state index contributed by atoms with van der Waals surface area (Å²) in [6.45, 7) is 1.11. The van der Waals surface area contributed by atoms with Crippen molar-refractivity contribution in [3.63, 3.8) is 0 Å². The molecule has 0 heterocycles. The van der Waals surface area contributed by atoms with Crippen molar-refractivity contribution < 1.29 is 26.7 Å². The predicted molar refractivity (Wildman–Crippen MR) is 108 cm³/mol. The molecule has 0 bridgehead atoms. The van der Waals surface area contributed by atoms with Crippen LogP contribution >= 0.6 is 0 Å². The largest absolute Gasteiger partial charge is 0.416 e. The summed E-state index contributed by atoms with van der Waals surface area (Å²) in [5.41, 5.74) is -0.00905. The molecule has 30 heavy (non-hydrogen) atoms. The monoisotopic (exact) mass is 435 g/mol. The first-order chi connectivity index (χ1) is 14.0. The fraction of sp³-hybridized carbons (Fsp3) is 0.182. The molecular formula is C22H20F3NO3S. The molecule has 0 radical (unpaired) electrons. The first-order valence-electron chi connectivity index (χ1n) is 9.04. The van der Waals surface area contributed by atoms with E-state index in [4.69, 9.17) is 0 Å². The summed E-state index contributed by atoms with van der Waals surface area (Å²) in [6, 6.07) is 19.9. The van der Waals surface area contributed by atoms with E-state index in [-0.39, 0.29) is 11.4 Å². The fourth-order valence-corrected chi connectivity index (χ4v) is 4.03. The molecule has 1 unspecified atom stereocenters. The molecule has 0 amide bonds. The SMILES string of the molecule is CC(O)(CNS(=O)(=O)c1ccc(C(F)(F)F)cc1)c1ccc(-c2ccccc2)cc1. The Hall–Kier alpha value is -2.68. The fourth-order valence-electron chi connectivity index (χ4n) is 2.90. The summed E-state index contributed by atoms with van der Waals surface area (Å²) in [4.78, 5) is -0.314. The molecule has 8 heteroatoms. The van der Waals surface area contributed by atoms with Crippen LogP contribution in [0.3, 0.4) is 0 Å². The molecule has 158 valence electrons. The summed E-state index contributed by atoms with van der Waals surface area (Å²) < 4.78 is 65.0. The van der Waals surface area contributed by atoms with Crippen LogP contribution in [-0.2, 0) is 21.8 Å². The third kappa shape index (κ3) is 5.08. The molecule has 0 spiro atoms. The number of rotatable bonds is 6. The number of hydrogen-bond donors (Lipinski definition) is 2. The highest BCUT2D eigenvalue weighted by molar-refractivity contribution is 7.89. The van der Waals surface area contributed by atoms with Crippen molar-refractivity contribution in [2.45, 2.75) is 23.6 Å². The Morgan fingerprint density at radius 2 is 1.30 bits per heavy atom. The Balaban J connectivity index is 1.72. The van der Waals surface area contributed by atoms with Gasteiger partial charge in [0.05, 0.1) is 10.5 Å². The van der Waals surface area contributed by atoms with Crippen molar-refractivity contribution in [2.24, 2.45) is 0 Å². The standard InChI is InChI=1S/C22H20F3NO3S/c1-21(27,18-9-7-17(8-10-18)16-5-3-2-4-6-16)15-26-30(28,29)20-13-11-19(12-14-20)22(23,24)25/h2-14,26-27H,15H2,1H3. The number of hydrogen-bond acceptors (Lipinski definition) is 3. The normalized spacial score (nSPS) is 14.3. The number of aliphatic hydroxyl groups is 1. The van der Waals surface area contributed by atoms with Crippen molar-refractivity contribution in [2.75, 3.05) is 6.54 Å². The first kappa shape index (κ1) is 22.0. The highest BCUT2D eigenvalue weighted by atomic mass is 32.2. The van der Waals surface area contributed by atoms with Crippen LogP contribution in [-0.4, -0.2) is 20.1 Å². The molecular weight excluding hydrogens is 415 g/mol. The first-order valence-corrected chi connectivity index (χ1v) is 10.5. The van der Waals surface area contributed by atoms with Crippen molar-refractivity contribution in [3.8, 4) is 11.1 Å². The molecule has 0 aliphatic heterocycles. The highest BCUT2D eigenvalue weighted by Crippen LogP contribution is 2.30. The second-order valence-electron chi connectivity index (χ2n) is 7.06. The summed E-state index contributed by atoms with van der Waals surface area (Å²) in [5.74, 6) is 0. The quantitative estimate of drug-likeness (QED) is 0.597. The van der Waals surface area contributed by atoms with Gasteiger partial charge in [0.15, 0.2) is 0 Å². The lowest BCUT2D eigenvalue weighted by Gasteiger charge is -2.24. The third-order valence-electron chi connectivity index (χ3n) is 4.71. The molecule has 2 N–H and O–H groups in total. The third-order valence-corrected chi connectivity index (χ3v) is 6.13. The molecule has 0 aliphatic carbocycles. The highest BCUT2D eigenvalue weighted by Gasteiger charge is 2.31. The number of benzene rings is 3. The van der Waals surface area contributed by atoms with E-state index in [1.54, 1.807) is 12.1 Å². The molecule has 4 nitrogen and oxygen atoms in total. The summed E-state index contributed by atoms with van der Waals surface area (Å²) in [6.07, 6.45) is -4.55. The Morgan fingerprint density at radius 3 is 1.83 bits per heavy atom. The number of nitrogens with one attached hydrogen (secondary N) is 1. The topological polar surface area (TPSA) is 66.4 Å². The maximum absolute atomic E-state index is 12.6. The minimum Gasteiger partial charge on any atom is -0.384 e. The molecule has 3 aromatic carbocycles. The van der Waals surface area contributed by atoms with E-state index in [0.29, 0.717) is 17.7 Å². The van der Waals surface area contributed by atoms with Gasteiger partial charge in [-0.2, -0.15) is 13.2 Å². The van der Waals surface area contributed by atoms with Crippen LogP contribution in [0.4, 0.5) is 13.2 Å². The number of alkyl halides is 3. The number of sulfonamides is 1. The average Bonchev–Trinajstić information content (AvgIpc) is 2.73. The van der Waals surface area contributed by atoms with Gasteiger partial charge in [-0.25, -0.2) is 13.1 Å². The minimum atomic E-state index is -4.55. The Kier molecular flexibility index (Phi) is 6.03. The maximum atomic E-state index is 12.6. The molecule has 1 atom stereocenters. The summed E-state index contributed by atoms with van der Waals surface area (Å²) >= 11 is 0. The second-order valence-corrected chi connectivity index (χ2v) is 8.83. The van der Waals surface area contributed by atoms with Gasteiger partial charge in [-0.15, -0.1) is 0 Å². The van der Waals surface area contributed by atoms with Crippen LogP contribution in [0.2, 0.25) is 0 Å². The van der Waals surface area contributed by atoms with E-state index < -0.39 is 27.4 Å². The van der Waals surface area contributed by atoms with Gasteiger partial charge in [0, 0.05) is 6.54 Å². The maximum Gasteiger partial charge on any atom is 0.416 e. The van der Waals surface area contributed by atoms with Crippen LogP contribution in [0, 0.1) is 0 Å². The molecule has 3 rings (SSSR count). The zero-order valence-electron chi connectivity index (χ0n) is 16.0. The van der Waals surface area contributed by atoms with Crippen molar-refractivity contribution in [1.82, 2.24) is 4.72 Å².